The molecule has 3 aromatic rings. The second-order valence-electron chi connectivity index (χ2n) is 8.04. The molecule has 0 saturated carbocycles. The number of methoxy groups -OCH3 is 2. The van der Waals surface area contributed by atoms with Crippen LogP contribution in [0.4, 0.5) is 5.13 Å². The van der Waals surface area contributed by atoms with Crippen molar-refractivity contribution in [3.8, 4) is 11.5 Å². The van der Waals surface area contributed by atoms with Gasteiger partial charge in [0.15, 0.2) is 15.0 Å². The first-order chi connectivity index (χ1) is 15.4. The summed E-state index contributed by atoms with van der Waals surface area (Å²) < 4.78 is 37.2. The van der Waals surface area contributed by atoms with Gasteiger partial charge in [0.2, 0.25) is 0 Å². The van der Waals surface area contributed by atoms with Gasteiger partial charge in [0, 0.05) is 31.0 Å². The number of hydrogen-bond acceptors (Lipinski definition) is 7. The minimum Gasteiger partial charge on any atom is -0.497 e. The fraction of sp³-hybridized carbons (Fsp3) is 0.375. The van der Waals surface area contributed by atoms with Crippen LogP contribution in [0, 0.1) is 6.92 Å². The number of ether oxygens (including phenoxy) is 2. The molecule has 4 rings (SSSR count). The van der Waals surface area contributed by atoms with Gasteiger partial charge in [-0.3, -0.25) is 0 Å². The lowest BCUT2D eigenvalue weighted by atomic mass is 10.1. The van der Waals surface area contributed by atoms with Crippen LogP contribution in [0.5, 0.6) is 11.5 Å². The summed E-state index contributed by atoms with van der Waals surface area (Å²) >= 11 is 1.62. The van der Waals surface area contributed by atoms with Crippen molar-refractivity contribution in [1.29, 1.82) is 0 Å². The molecule has 2 heterocycles. The zero-order valence-corrected chi connectivity index (χ0v) is 20.2. The molecule has 0 bridgehead atoms. The van der Waals surface area contributed by atoms with Crippen molar-refractivity contribution < 1.29 is 17.9 Å². The molecule has 8 heteroatoms. The largest absolute Gasteiger partial charge is 0.497 e. The molecule has 0 amide bonds. The number of anilines is 1. The highest BCUT2D eigenvalue weighted by molar-refractivity contribution is 7.92. The minimum atomic E-state index is -3.53. The minimum absolute atomic E-state index is 0.201. The summed E-state index contributed by atoms with van der Waals surface area (Å²) in [6, 6.07) is 13.4. The Kier molecular flexibility index (Phi) is 6.71. The molecule has 0 unspecified atom stereocenters. The maximum atomic E-state index is 13.3. The zero-order valence-electron chi connectivity index (χ0n) is 18.6. The van der Waals surface area contributed by atoms with Crippen molar-refractivity contribution in [2.45, 2.75) is 36.3 Å². The summed E-state index contributed by atoms with van der Waals surface area (Å²) in [7, 11) is -0.519. The molecule has 1 fully saturated rings. The normalized spacial score (nSPS) is 15.0. The van der Waals surface area contributed by atoms with Crippen molar-refractivity contribution in [2.75, 3.05) is 32.2 Å². The van der Waals surface area contributed by atoms with Gasteiger partial charge in [0.1, 0.15) is 16.4 Å². The van der Waals surface area contributed by atoms with Gasteiger partial charge in [-0.2, -0.15) is 0 Å². The van der Waals surface area contributed by atoms with E-state index in [4.69, 9.17) is 14.5 Å². The zero-order chi connectivity index (χ0) is 22.7. The van der Waals surface area contributed by atoms with Gasteiger partial charge in [-0.05, 0) is 37.5 Å². The van der Waals surface area contributed by atoms with Crippen LogP contribution in [0.15, 0.2) is 52.7 Å². The molecule has 0 radical (unpaired) electrons. The Hall–Kier alpha value is -2.58. The van der Waals surface area contributed by atoms with Crippen LogP contribution in [0.2, 0.25) is 0 Å². The Morgan fingerprint density at radius 3 is 2.56 bits per heavy atom. The Balaban J connectivity index is 1.44. The van der Waals surface area contributed by atoms with Crippen LogP contribution in [-0.4, -0.2) is 46.0 Å². The summed E-state index contributed by atoms with van der Waals surface area (Å²) in [4.78, 5) is 7.21. The third-order valence-corrected chi connectivity index (χ3v) is 9.07. The molecule has 6 nitrogen and oxygen atoms in total. The molecule has 1 aromatic heterocycles. The highest BCUT2D eigenvalue weighted by Crippen LogP contribution is 2.35. The summed E-state index contributed by atoms with van der Waals surface area (Å²) in [5, 5.41) is 2.61. The molecule has 1 aliphatic rings. The molecule has 0 spiro atoms. The summed E-state index contributed by atoms with van der Waals surface area (Å²) in [5.41, 5.74) is 3.54. The Morgan fingerprint density at radius 1 is 1.09 bits per heavy atom. The highest BCUT2D eigenvalue weighted by Gasteiger charge is 2.34. The van der Waals surface area contributed by atoms with E-state index in [1.807, 2.05) is 0 Å². The van der Waals surface area contributed by atoms with Gasteiger partial charge in [-0.15, -0.1) is 11.3 Å². The Morgan fingerprint density at radius 2 is 1.88 bits per heavy atom. The summed E-state index contributed by atoms with van der Waals surface area (Å²) in [5.74, 6) is 0.861. The van der Waals surface area contributed by atoms with Crippen LogP contribution in [0.25, 0.3) is 0 Å². The second kappa shape index (κ2) is 9.50. The molecule has 0 atom stereocenters. The van der Waals surface area contributed by atoms with Crippen LogP contribution in [-0.2, 0) is 16.3 Å². The van der Waals surface area contributed by atoms with E-state index in [1.54, 1.807) is 29.5 Å². The number of aromatic nitrogens is 1. The third kappa shape index (κ3) is 4.76. The SMILES string of the molecule is COc1ccc(OC)c(S(=O)(=O)C2CCN(c3nc(Cc4cccc(C)c4)cs3)CC2)c1. The maximum absolute atomic E-state index is 13.3. The van der Waals surface area contributed by atoms with Crippen molar-refractivity contribution in [2.24, 2.45) is 0 Å². The molecule has 0 aliphatic carbocycles. The monoisotopic (exact) mass is 472 g/mol. The summed E-state index contributed by atoms with van der Waals surface area (Å²) in [6.45, 7) is 3.41. The third-order valence-electron chi connectivity index (χ3n) is 5.84. The van der Waals surface area contributed by atoms with E-state index < -0.39 is 15.1 Å². The van der Waals surface area contributed by atoms with Crippen molar-refractivity contribution >= 4 is 26.3 Å². The van der Waals surface area contributed by atoms with Gasteiger partial charge in [-0.25, -0.2) is 13.4 Å². The quantitative estimate of drug-likeness (QED) is 0.504. The molecule has 0 N–H and O–H groups in total. The fourth-order valence-electron chi connectivity index (χ4n) is 4.10. The number of rotatable bonds is 7. The number of nitrogens with zero attached hydrogens (tertiary/aromatic N) is 2. The first-order valence-corrected chi connectivity index (χ1v) is 13.0. The van der Waals surface area contributed by atoms with E-state index in [-0.39, 0.29) is 4.90 Å². The highest BCUT2D eigenvalue weighted by atomic mass is 32.2. The number of aryl methyl sites for hydroxylation is 1. The van der Waals surface area contributed by atoms with E-state index in [0.29, 0.717) is 37.4 Å². The van der Waals surface area contributed by atoms with Crippen LogP contribution < -0.4 is 14.4 Å². The maximum Gasteiger partial charge on any atom is 0.185 e. The molecule has 2 aromatic carbocycles. The molecule has 170 valence electrons. The van der Waals surface area contributed by atoms with Crippen molar-refractivity contribution in [3.63, 3.8) is 0 Å². The van der Waals surface area contributed by atoms with E-state index in [2.05, 4.69) is 41.5 Å². The van der Waals surface area contributed by atoms with Crippen molar-refractivity contribution in [1.82, 2.24) is 4.98 Å². The predicted octanol–water partition coefficient (Wildman–Crippen LogP) is 4.50. The van der Waals surface area contributed by atoms with Gasteiger partial charge in [0.25, 0.3) is 0 Å². The van der Waals surface area contributed by atoms with Crippen LogP contribution in [0.1, 0.15) is 29.7 Å². The Labute approximate surface area is 193 Å². The lowest BCUT2D eigenvalue weighted by molar-refractivity contribution is 0.391. The average molecular weight is 473 g/mol. The lowest BCUT2D eigenvalue weighted by Gasteiger charge is -2.31. The predicted molar refractivity (Wildman–Crippen MR) is 128 cm³/mol. The summed E-state index contributed by atoms with van der Waals surface area (Å²) in [6.07, 6.45) is 1.91. The average Bonchev–Trinajstić information content (AvgIpc) is 3.27. The fourth-order valence-corrected chi connectivity index (χ4v) is 6.88. The van der Waals surface area contributed by atoms with Gasteiger partial charge >= 0.3 is 0 Å². The van der Waals surface area contributed by atoms with E-state index in [0.717, 1.165) is 17.2 Å². The van der Waals surface area contributed by atoms with Gasteiger partial charge in [0.05, 0.1) is 25.2 Å². The van der Waals surface area contributed by atoms with Crippen molar-refractivity contribution in [3.05, 3.63) is 64.7 Å². The van der Waals surface area contributed by atoms with E-state index in [1.165, 1.54) is 25.3 Å². The number of sulfone groups is 1. The van der Waals surface area contributed by atoms with Gasteiger partial charge < -0.3 is 14.4 Å². The first kappa shape index (κ1) is 22.6. The van der Waals surface area contributed by atoms with Gasteiger partial charge in [-0.1, -0.05) is 29.8 Å². The first-order valence-electron chi connectivity index (χ1n) is 10.6. The molecule has 32 heavy (non-hydrogen) atoms. The standard InChI is InChI=1S/C24H28N2O4S2/c1-17-5-4-6-18(13-17)14-19-16-31-24(25-19)26-11-9-21(10-12-26)32(27,28)23-15-20(29-2)7-8-22(23)30-3/h4-8,13,15-16,21H,9-12,14H2,1-3H3. The smallest absolute Gasteiger partial charge is 0.185 e. The molecule has 1 saturated heterocycles. The number of benzene rings is 2. The molecular weight excluding hydrogens is 444 g/mol. The molecule has 1 aliphatic heterocycles. The van der Waals surface area contributed by atoms with Crippen LogP contribution in [0.3, 0.4) is 0 Å². The van der Waals surface area contributed by atoms with E-state index in [9.17, 15) is 8.42 Å². The second-order valence-corrected chi connectivity index (χ2v) is 11.1. The number of hydrogen-bond donors (Lipinski definition) is 0. The number of thiazole rings is 1. The van der Waals surface area contributed by atoms with E-state index >= 15 is 0 Å². The lowest BCUT2D eigenvalue weighted by Crippen LogP contribution is -2.39. The Bertz CT molecular complexity index is 1180. The topological polar surface area (TPSA) is 68.7 Å². The van der Waals surface area contributed by atoms with Crippen LogP contribution >= 0.6 is 11.3 Å². The number of piperidine rings is 1. The molecular formula is C24H28N2O4S2.